The van der Waals surface area contributed by atoms with Crippen LogP contribution in [0.2, 0.25) is 0 Å². The molecule has 0 bridgehead atoms. The summed E-state index contributed by atoms with van der Waals surface area (Å²) in [5.41, 5.74) is -4.71. The molecule has 1 nitrogen and oxygen atoms in total. The Morgan fingerprint density at radius 3 is 1.22 bits per heavy atom. The van der Waals surface area contributed by atoms with Crippen molar-refractivity contribution in [2.24, 2.45) is 0 Å². The Kier molecular flexibility index (Phi) is 5.37. The normalized spacial score (nSPS) is 19.4. The van der Waals surface area contributed by atoms with Gasteiger partial charge in [-0.1, -0.05) is 0 Å². The fraction of sp³-hybridized carbons (Fsp3) is 1.00. The topological polar surface area (TPSA) is 20.2 Å². The summed E-state index contributed by atoms with van der Waals surface area (Å²) in [5, 5.41) is 8.68. The van der Waals surface area contributed by atoms with Crippen molar-refractivity contribution < 1.29 is 57.8 Å². The summed E-state index contributed by atoms with van der Waals surface area (Å²) in [7, 11) is 0. The third-order valence-corrected chi connectivity index (χ3v) is 2.87. The Morgan fingerprint density at radius 2 is 0.957 bits per heavy atom. The van der Waals surface area contributed by atoms with Crippen molar-refractivity contribution in [3.05, 3.63) is 0 Å². The second-order valence-electron chi connectivity index (χ2n) is 5.05. The van der Waals surface area contributed by atoms with E-state index in [0.29, 0.717) is 6.92 Å². The predicted molar refractivity (Wildman–Crippen MR) is 51.7 cm³/mol. The highest BCUT2D eigenvalue weighted by Gasteiger charge is 2.89. The van der Waals surface area contributed by atoms with E-state index in [1.165, 1.54) is 0 Å². The zero-order valence-electron chi connectivity index (χ0n) is 11.3. The minimum atomic E-state index is -7.66. The molecule has 0 heterocycles. The molecule has 0 amide bonds. The van der Waals surface area contributed by atoms with Crippen molar-refractivity contribution in [2.45, 2.75) is 61.9 Å². The molecule has 0 aliphatic heterocycles. The molecule has 0 aliphatic rings. The Balaban J connectivity index is 6.14. The van der Waals surface area contributed by atoms with Crippen molar-refractivity contribution in [1.29, 1.82) is 0 Å². The fourth-order valence-corrected chi connectivity index (χ4v) is 1.58. The van der Waals surface area contributed by atoms with Crippen molar-refractivity contribution in [1.82, 2.24) is 0 Å². The lowest BCUT2D eigenvalue weighted by atomic mass is 9.85. The summed E-state index contributed by atoms with van der Waals surface area (Å²) >= 11 is 0. The van der Waals surface area contributed by atoms with Crippen LogP contribution in [0.15, 0.2) is 0 Å². The summed E-state index contributed by atoms with van der Waals surface area (Å²) < 4.78 is 153. The maximum absolute atomic E-state index is 13.6. The Bertz CT molecular complexity index is 422. The molecule has 140 valence electrons. The summed E-state index contributed by atoms with van der Waals surface area (Å²) in [6.45, 7) is 0.143. The van der Waals surface area contributed by atoms with Gasteiger partial charge in [-0.25, -0.2) is 4.39 Å². The van der Waals surface area contributed by atoms with Crippen LogP contribution in [0.1, 0.15) is 20.3 Å². The third kappa shape index (κ3) is 3.20. The summed E-state index contributed by atoms with van der Waals surface area (Å²) in [6.07, 6.45) is -11.3. The van der Waals surface area contributed by atoms with Crippen LogP contribution >= 0.6 is 0 Å². The van der Waals surface area contributed by atoms with Crippen LogP contribution in [0.25, 0.3) is 0 Å². The number of aliphatic hydroxyl groups is 1. The Morgan fingerprint density at radius 1 is 0.652 bits per heavy atom. The van der Waals surface area contributed by atoms with E-state index in [1.54, 1.807) is 0 Å². The molecule has 0 spiro atoms. The highest BCUT2D eigenvalue weighted by Crippen LogP contribution is 2.60. The van der Waals surface area contributed by atoms with Gasteiger partial charge in [0.1, 0.15) is 0 Å². The second-order valence-corrected chi connectivity index (χ2v) is 5.05. The van der Waals surface area contributed by atoms with Gasteiger partial charge in [-0.2, -0.15) is 48.3 Å². The molecule has 0 aliphatic carbocycles. The first-order valence-electron chi connectivity index (χ1n) is 5.62. The molecular formula is C10H10F12O. The molecular weight excluding hydrogens is 364 g/mol. The molecule has 0 saturated carbocycles. The van der Waals surface area contributed by atoms with Gasteiger partial charge >= 0.3 is 29.9 Å². The van der Waals surface area contributed by atoms with Crippen molar-refractivity contribution in [3.8, 4) is 0 Å². The number of alkyl halides is 12. The highest BCUT2D eigenvalue weighted by molar-refractivity contribution is 5.11. The van der Waals surface area contributed by atoms with Crippen molar-refractivity contribution in [2.75, 3.05) is 0 Å². The van der Waals surface area contributed by atoms with Crippen LogP contribution in [0.5, 0.6) is 0 Å². The van der Waals surface area contributed by atoms with Gasteiger partial charge in [0.05, 0.1) is 6.10 Å². The highest BCUT2D eigenvalue weighted by atomic mass is 19.4. The molecule has 23 heavy (non-hydrogen) atoms. The number of rotatable bonds is 6. The number of hydrogen-bond donors (Lipinski definition) is 1. The molecule has 0 fully saturated rings. The largest absolute Gasteiger partial charge is 0.460 e. The molecule has 0 saturated heterocycles. The van der Waals surface area contributed by atoms with Gasteiger partial charge < -0.3 is 5.11 Å². The molecule has 2 atom stereocenters. The van der Waals surface area contributed by atoms with E-state index in [2.05, 4.69) is 0 Å². The molecule has 13 heteroatoms. The first-order valence-corrected chi connectivity index (χ1v) is 5.62. The number of aliphatic hydroxyl groups excluding tert-OH is 1. The van der Waals surface area contributed by atoms with Crippen LogP contribution in [0, 0.1) is 0 Å². The standard InChI is InChI=1S/C10H10F12O/c1-4(23)3-5(2,11)6(12,13)7(14,15)8(16,17)9(18,19)10(20,21)22/h4,23H,3H2,1-2H3/t4-,5-/m0/s1. The van der Waals surface area contributed by atoms with E-state index < -0.39 is 55.0 Å². The van der Waals surface area contributed by atoms with Crippen LogP contribution in [0.3, 0.4) is 0 Å². The van der Waals surface area contributed by atoms with Gasteiger partial charge in [-0.05, 0) is 13.8 Å². The van der Waals surface area contributed by atoms with Crippen LogP contribution in [-0.2, 0) is 0 Å². The minimum Gasteiger partial charge on any atom is -0.393 e. The maximum atomic E-state index is 13.6. The van der Waals surface area contributed by atoms with E-state index in [4.69, 9.17) is 5.11 Å². The van der Waals surface area contributed by atoms with Crippen LogP contribution < -0.4 is 0 Å². The monoisotopic (exact) mass is 374 g/mol. The van der Waals surface area contributed by atoms with Crippen molar-refractivity contribution in [3.63, 3.8) is 0 Å². The first-order chi connectivity index (χ1) is 9.67. The first kappa shape index (κ1) is 22.1. The molecule has 1 N–H and O–H groups in total. The number of halogens is 12. The van der Waals surface area contributed by atoms with Crippen LogP contribution in [0.4, 0.5) is 52.7 Å². The quantitative estimate of drug-likeness (QED) is 0.675. The maximum Gasteiger partial charge on any atom is 0.460 e. The van der Waals surface area contributed by atoms with E-state index >= 15 is 0 Å². The van der Waals surface area contributed by atoms with E-state index in [9.17, 15) is 52.7 Å². The molecule has 0 aromatic heterocycles. The SMILES string of the molecule is C[C@H](O)C[C@](C)(F)C(F)(F)C(F)(F)C(F)(F)C(F)(F)C(F)(F)F. The molecule has 0 aromatic rings. The lowest BCUT2D eigenvalue weighted by molar-refractivity contribution is -0.432. The van der Waals surface area contributed by atoms with Crippen LogP contribution in [-0.4, -0.2) is 46.7 Å². The lowest BCUT2D eigenvalue weighted by Crippen LogP contribution is -2.70. The lowest BCUT2D eigenvalue weighted by Gasteiger charge is -2.41. The molecule has 0 unspecified atom stereocenters. The average Bonchev–Trinajstić information content (AvgIpc) is 2.24. The molecule has 0 radical (unpaired) electrons. The molecule has 0 rings (SSSR count). The smallest absolute Gasteiger partial charge is 0.393 e. The summed E-state index contributed by atoms with van der Waals surface area (Å²) in [5.74, 6) is -29.3. The van der Waals surface area contributed by atoms with Gasteiger partial charge in [0, 0.05) is 6.42 Å². The Hall–Kier alpha value is -0.880. The van der Waals surface area contributed by atoms with Gasteiger partial charge in [-0.3, -0.25) is 0 Å². The number of hydrogen-bond acceptors (Lipinski definition) is 1. The fourth-order valence-electron chi connectivity index (χ4n) is 1.58. The zero-order chi connectivity index (χ0) is 19.3. The van der Waals surface area contributed by atoms with E-state index in [0.717, 1.165) is 0 Å². The second kappa shape index (κ2) is 5.59. The van der Waals surface area contributed by atoms with Gasteiger partial charge in [0.15, 0.2) is 5.67 Å². The van der Waals surface area contributed by atoms with Gasteiger partial charge in [0.2, 0.25) is 0 Å². The van der Waals surface area contributed by atoms with Gasteiger partial charge in [0.25, 0.3) is 0 Å². The van der Waals surface area contributed by atoms with E-state index in [-0.39, 0.29) is 0 Å². The minimum absolute atomic E-state index is 0.435. The predicted octanol–water partition coefficient (Wildman–Crippen LogP) is 4.59. The van der Waals surface area contributed by atoms with E-state index in [1.807, 2.05) is 0 Å². The summed E-state index contributed by atoms with van der Waals surface area (Å²) in [4.78, 5) is 0. The molecule has 0 aromatic carbocycles. The Labute approximate surface area is 121 Å². The zero-order valence-corrected chi connectivity index (χ0v) is 11.3. The van der Waals surface area contributed by atoms with Crippen molar-refractivity contribution >= 4 is 0 Å². The van der Waals surface area contributed by atoms with Gasteiger partial charge in [-0.15, -0.1) is 0 Å². The average molecular weight is 374 g/mol. The third-order valence-electron chi connectivity index (χ3n) is 2.87. The summed E-state index contributed by atoms with van der Waals surface area (Å²) in [6, 6.07) is 0.